The van der Waals surface area contributed by atoms with Gasteiger partial charge in [-0.25, -0.2) is 0 Å². The zero-order valence-electron chi connectivity index (χ0n) is 18.3. The number of halogens is 1. The average molecular weight is 463 g/mol. The Morgan fingerprint density at radius 3 is 2.30 bits per heavy atom. The maximum Gasteiger partial charge on any atom is 0.262 e. The predicted molar refractivity (Wildman–Crippen MR) is 127 cm³/mol. The van der Waals surface area contributed by atoms with Crippen LogP contribution in [0.5, 0.6) is 17.2 Å². The van der Waals surface area contributed by atoms with Crippen LogP contribution in [0.15, 0.2) is 72.3 Å². The molecule has 0 saturated carbocycles. The Bertz CT molecular complexity index is 1170. The smallest absolute Gasteiger partial charge is 0.262 e. The molecule has 0 spiro atoms. The molecule has 0 radical (unpaired) electrons. The van der Waals surface area contributed by atoms with Crippen molar-refractivity contribution in [2.24, 2.45) is 0 Å². The van der Waals surface area contributed by atoms with Gasteiger partial charge in [0.15, 0.2) is 11.5 Å². The molecule has 168 valence electrons. The third-order valence-corrected chi connectivity index (χ3v) is 5.04. The summed E-state index contributed by atoms with van der Waals surface area (Å²) in [5, 5.41) is 12.9. The lowest BCUT2D eigenvalue weighted by Crippen LogP contribution is -2.23. The van der Waals surface area contributed by atoms with Crippen LogP contribution in [0.1, 0.15) is 16.7 Å². The van der Waals surface area contributed by atoms with Gasteiger partial charge in [-0.2, -0.15) is 5.26 Å². The molecule has 0 unspecified atom stereocenters. The van der Waals surface area contributed by atoms with Gasteiger partial charge in [-0.05, 0) is 59.2 Å². The number of nitrogens with one attached hydrogen (secondary N) is 1. The van der Waals surface area contributed by atoms with Crippen LogP contribution in [-0.4, -0.2) is 20.1 Å². The molecular weight excluding hydrogens is 440 g/mol. The molecule has 3 aromatic rings. The van der Waals surface area contributed by atoms with Crippen LogP contribution in [0, 0.1) is 11.3 Å². The summed E-state index contributed by atoms with van der Waals surface area (Å²) in [7, 11) is 3.12. The monoisotopic (exact) mass is 462 g/mol. The Labute approximate surface area is 198 Å². The van der Waals surface area contributed by atoms with E-state index in [0.29, 0.717) is 35.2 Å². The number of nitrogens with zero attached hydrogens (tertiary/aromatic N) is 1. The van der Waals surface area contributed by atoms with Gasteiger partial charge >= 0.3 is 0 Å². The van der Waals surface area contributed by atoms with Crippen LogP contribution in [-0.2, 0) is 17.9 Å². The van der Waals surface area contributed by atoms with Gasteiger partial charge in [-0.15, -0.1) is 0 Å². The summed E-state index contributed by atoms with van der Waals surface area (Å²) < 4.78 is 16.4. The van der Waals surface area contributed by atoms with Gasteiger partial charge in [-0.3, -0.25) is 4.79 Å². The fourth-order valence-corrected chi connectivity index (χ4v) is 3.10. The highest BCUT2D eigenvalue weighted by molar-refractivity contribution is 6.30. The lowest BCUT2D eigenvalue weighted by Gasteiger charge is -2.12. The Hall–Kier alpha value is -3.95. The second-order valence-corrected chi connectivity index (χ2v) is 7.46. The third-order valence-electron chi connectivity index (χ3n) is 4.78. The third kappa shape index (κ3) is 6.76. The number of ether oxygens (including phenoxy) is 3. The molecule has 0 aliphatic rings. The molecule has 1 amide bonds. The summed E-state index contributed by atoms with van der Waals surface area (Å²) in [6, 6.07) is 21.9. The molecule has 0 atom stereocenters. The molecule has 3 aromatic carbocycles. The second kappa shape index (κ2) is 11.6. The Balaban J connectivity index is 1.66. The number of nitriles is 1. The standard InChI is InChI=1S/C26H23ClN2O4/c1-31-23-10-5-18(6-11-23)16-29-26(30)21(15-28)13-20-7-12-24(25(14-20)32-2)33-17-19-3-8-22(27)9-4-19/h3-14H,16-17H2,1-2H3,(H,29,30)/b21-13-. The first-order valence-corrected chi connectivity index (χ1v) is 10.5. The molecule has 6 nitrogen and oxygen atoms in total. The normalized spacial score (nSPS) is 10.8. The van der Waals surface area contributed by atoms with E-state index in [-0.39, 0.29) is 5.57 Å². The van der Waals surface area contributed by atoms with Crippen molar-refractivity contribution < 1.29 is 19.0 Å². The van der Waals surface area contributed by atoms with Gasteiger partial charge in [-0.1, -0.05) is 41.9 Å². The van der Waals surface area contributed by atoms with Crippen molar-refractivity contribution in [2.75, 3.05) is 14.2 Å². The number of benzene rings is 3. The number of methoxy groups -OCH3 is 2. The number of hydrogen-bond acceptors (Lipinski definition) is 5. The molecule has 0 heterocycles. The molecule has 0 aromatic heterocycles. The van der Waals surface area contributed by atoms with E-state index in [2.05, 4.69) is 5.32 Å². The maximum absolute atomic E-state index is 12.5. The lowest BCUT2D eigenvalue weighted by molar-refractivity contribution is -0.117. The number of hydrogen-bond donors (Lipinski definition) is 1. The van der Waals surface area contributed by atoms with Crippen molar-refractivity contribution in [1.82, 2.24) is 5.32 Å². The minimum absolute atomic E-state index is 0.0135. The Morgan fingerprint density at radius 2 is 1.67 bits per heavy atom. The molecule has 3 rings (SSSR count). The van der Waals surface area contributed by atoms with E-state index in [9.17, 15) is 10.1 Å². The quantitative estimate of drug-likeness (QED) is 0.351. The summed E-state index contributed by atoms with van der Waals surface area (Å²) in [4.78, 5) is 12.5. The summed E-state index contributed by atoms with van der Waals surface area (Å²) in [6.45, 7) is 0.641. The molecule has 0 aliphatic heterocycles. The van der Waals surface area contributed by atoms with Crippen molar-refractivity contribution in [3.63, 3.8) is 0 Å². The summed E-state index contributed by atoms with van der Waals surface area (Å²) in [5.41, 5.74) is 2.48. The topological polar surface area (TPSA) is 80.6 Å². The summed E-state index contributed by atoms with van der Waals surface area (Å²) >= 11 is 5.91. The van der Waals surface area contributed by atoms with E-state index in [0.717, 1.165) is 16.9 Å². The first-order chi connectivity index (χ1) is 16.0. The van der Waals surface area contributed by atoms with Gasteiger partial charge < -0.3 is 19.5 Å². The zero-order chi connectivity index (χ0) is 23.6. The van der Waals surface area contributed by atoms with Crippen LogP contribution >= 0.6 is 11.6 Å². The van der Waals surface area contributed by atoms with Crippen LogP contribution in [0.4, 0.5) is 0 Å². The minimum Gasteiger partial charge on any atom is -0.497 e. The number of rotatable bonds is 9. The minimum atomic E-state index is -0.463. The van der Waals surface area contributed by atoms with Gasteiger partial charge in [0.1, 0.15) is 24.0 Å². The average Bonchev–Trinajstić information content (AvgIpc) is 2.86. The first kappa shape index (κ1) is 23.7. The molecule has 33 heavy (non-hydrogen) atoms. The largest absolute Gasteiger partial charge is 0.497 e. The van der Waals surface area contributed by atoms with E-state index in [1.165, 1.54) is 13.2 Å². The zero-order valence-corrected chi connectivity index (χ0v) is 19.1. The summed E-state index contributed by atoms with van der Waals surface area (Å²) in [6.07, 6.45) is 1.51. The van der Waals surface area contributed by atoms with Gasteiger partial charge in [0.25, 0.3) is 5.91 Å². The predicted octanol–water partition coefficient (Wildman–Crippen LogP) is 5.16. The number of carbonyl (C=O) groups is 1. The SMILES string of the molecule is COc1ccc(CNC(=O)/C(C#N)=C\c2ccc(OCc3ccc(Cl)cc3)c(OC)c2)cc1. The molecule has 0 aliphatic carbocycles. The highest BCUT2D eigenvalue weighted by Crippen LogP contribution is 2.30. The molecule has 7 heteroatoms. The molecule has 0 saturated heterocycles. The van der Waals surface area contributed by atoms with Crippen LogP contribution in [0.25, 0.3) is 6.08 Å². The number of amides is 1. The van der Waals surface area contributed by atoms with Crippen molar-refractivity contribution in [1.29, 1.82) is 5.26 Å². The van der Waals surface area contributed by atoms with Crippen LogP contribution in [0.2, 0.25) is 5.02 Å². The van der Waals surface area contributed by atoms with E-state index < -0.39 is 5.91 Å². The van der Waals surface area contributed by atoms with Crippen molar-refractivity contribution in [3.8, 4) is 23.3 Å². The molecular formula is C26H23ClN2O4. The van der Waals surface area contributed by atoms with E-state index in [1.54, 1.807) is 37.4 Å². The van der Waals surface area contributed by atoms with E-state index in [1.807, 2.05) is 42.5 Å². The lowest BCUT2D eigenvalue weighted by atomic mass is 10.1. The fraction of sp³-hybridized carbons (Fsp3) is 0.154. The van der Waals surface area contributed by atoms with Crippen molar-refractivity contribution >= 4 is 23.6 Å². The molecule has 0 bridgehead atoms. The van der Waals surface area contributed by atoms with Crippen molar-refractivity contribution in [3.05, 3.63) is 94.0 Å². The molecule has 0 fully saturated rings. The number of carbonyl (C=O) groups excluding carboxylic acids is 1. The second-order valence-electron chi connectivity index (χ2n) is 7.03. The first-order valence-electron chi connectivity index (χ1n) is 10.1. The maximum atomic E-state index is 12.5. The highest BCUT2D eigenvalue weighted by Gasteiger charge is 2.11. The van der Waals surface area contributed by atoms with Crippen LogP contribution in [0.3, 0.4) is 0 Å². The van der Waals surface area contributed by atoms with Gasteiger partial charge in [0.2, 0.25) is 0 Å². The highest BCUT2D eigenvalue weighted by atomic mass is 35.5. The van der Waals surface area contributed by atoms with Gasteiger partial charge in [0.05, 0.1) is 14.2 Å². The molecule has 1 N–H and O–H groups in total. The van der Waals surface area contributed by atoms with Crippen molar-refractivity contribution in [2.45, 2.75) is 13.2 Å². The Kier molecular flexibility index (Phi) is 8.34. The van der Waals surface area contributed by atoms with E-state index >= 15 is 0 Å². The van der Waals surface area contributed by atoms with Crippen LogP contribution < -0.4 is 19.5 Å². The Morgan fingerprint density at radius 1 is 0.970 bits per heavy atom. The fourth-order valence-electron chi connectivity index (χ4n) is 2.97. The van der Waals surface area contributed by atoms with E-state index in [4.69, 9.17) is 25.8 Å². The summed E-state index contributed by atoms with van der Waals surface area (Å²) in [5.74, 6) is 1.31. The van der Waals surface area contributed by atoms with Gasteiger partial charge in [0, 0.05) is 11.6 Å².